The van der Waals surface area contributed by atoms with Crippen LogP contribution >= 0.6 is 0 Å². The number of ether oxygens (including phenoxy) is 3. The van der Waals surface area contributed by atoms with Crippen molar-refractivity contribution < 1.29 is 73.6 Å². The highest BCUT2D eigenvalue weighted by Gasteiger charge is 2.58. The number of carbonyl (C=O) groups excluding carboxylic acids is 4. The number of hydrogen-bond donors (Lipinski definition) is 5. The van der Waals surface area contributed by atoms with E-state index in [1.165, 1.54) is 30.6 Å². The van der Waals surface area contributed by atoms with E-state index in [-0.39, 0.29) is 11.4 Å². The molecule has 5 N–H and O–H groups in total. The topological polar surface area (TPSA) is 213 Å². The number of fused-ring (bicyclic) bond motifs is 1. The second-order valence-corrected chi connectivity index (χ2v) is 19.8. The van der Waals surface area contributed by atoms with Gasteiger partial charge in [-0.25, -0.2) is 38.3 Å². The number of nitrogens with one attached hydrogen (secondary N) is 4. The summed E-state index contributed by atoms with van der Waals surface area (Å²) in [5, 5.41) is 18.6. The van der Waals surface area contributed by atoms with E-state index in [0.717, 1.165) is 58.5 Å². The second-order valence-electron chi connectivity index (χ2n) is 19.8. The minimum Gasteiger partial charge on any atom is -0.453 e. The number of methoxy groups -OCH3 is 2. The van der Waals surface area contributed by atoms with Crippen LogP contribution in [0.4, 0.5) is 50.5 Å². The Morgan fingerprint density at radius 1 is 0.779 bits per heavy atom. The van der Waals surface area contributed by atoms with Crippen LogP contribution in [0.15, 0.2) is 73.2 Å². The van der Waals surface area contributed by atoms with Crippen molar-refractivity contribution in [2.75, 3.05) is 52.0 Å². The molecule has 5 heterocycles. The van der Waals surface area contributed by atoms with Crippen LogP contribution < -0.4 is 26.3 Å². The monoisotopic (exact) mass is 1090 g/mol. The highest BCUT2D eigenvalue weighted by molar-refractivity contribution is 5.87. The van der Waals surface area contributed by atoms with Crippen LogP contribution in [0.5, 0.6) is 0 Å². The predicted molar refractivity (Wildman–Crippen MR) is 259 cm³/mol. The molecule has 0 aliphatic carbocycles. The first-order valence-electron chi connectivity index (χ1n) is 24.0. The Hall–Kier alpha value is -7.21. The van der Waals surface area contributed by atoms with E-state index >= 15 is 8.78 Å². The Labute approximate surface area is 437 Å². The van der Waals surface area contributed by atoms with E-state index < -0.39 is 108 Å². The molecule has 3 fully saturated rings. The van der Waals surface area contributed by atoms with Crippen molar-refractivity contribution in [3.8, 4) is 23.2 Å². The van der Waals surface area contributed by atoms with Gasteiger partial charge in [0.1, 0.15) is 29.5 Å². The van der Waals surface area contributed by atoms with E-state index in [1.807, 2.05) is 22.8 Å². The summed E-state index contributed by atoms with van der Waals surface area (Å²) in [5.74, 6) is 1.08. The predicted octanol–water partition coefficient (Wildman–Crippen LogP) is 5.04. The van der Waals surface area contributed by atoms with Gasteiger partial charge in [0.15, 0.2) is 5.82 Å². The Balaban J connectivity index is 1.17. The fourth-order valence-electron chi connectivity index (χ4n) is 8.76. The van der Waals surface area contributed by atoms with Crippen molar-refractivity contribution in [3.63, 3.8) is 0 Å². The number of carbonyl (C=O) groups is 4. The summed E-state index contributed by atoms with van der Waals surface area (Å²) in [5.41, 5.74) is -3.55. The Morgan fingerprint density at radius 2 is 1.34 bits per heavy atom. The molecule has 0 spiro atoms. The van der Waals surface area contributed by atoms with Gasteiger partial charge in [0.2, 0.25) is 5.91 Å². The van der Waals surface area contributed by atoms with Gasteiger partial charge in [0.05, 0.1) is 62.5 Å². The molecule has 3 aliphatic rings. The van der Waals surface area contributed by atoms with E-state index in [1.54, 1.807) is 18.3 Å². The number of rotatable bonds is 18. The van der Waals surface area contributed by atoms with Crippen LogP contribution in [0, 0.1) is 34.3 Å². The number of benzene rings is 2. The van der Waals surface area contributed by atoms with Crippen molar-refractivity contribution in [2.24, 2.45) is 10.8 Å². The lowest BCUT2D eigenvalue weighted by atomic mass is 9.82. The lowest BCUT2D eigenvalue weighted by Crippen LogP contribution is -2.82. The molecular formula is C51H56F8N10O8. The number of aromatic nitrogens is 3. The molecule has 1 unspecified atom stereocenters. The number of aliphatic hydroxyl groups excluding tert-OH is 1. The summed E-state index contributed by atoms with van der Waals surface area (Å²) in [6.07, 6.45) is -11.5. The number of piperazine rings is 1. The van der Waals surface area contributed by atoms with Crippen LogP contribution in [0.25, 0.3) is 11.4 Å². The molecule has 4 aromatic rings. The molecule has 0 saturated carbocycles. The summed E-state index contributed by atoms with van der Waals surface area (Å²) >= 11 is 0. The molecular weight excluding hydrogens is 1030 g/mol. The number of nitrogens with zero attached hydrogens (tertiary/aromatic N) is 6. The summed E-state index contributed by atoms with van der Waals surface area (Å²) in [6.45, 7) is 3.61. The quantitative estimate of drug-likeness (QED) is 0.0503. The molecule has 4 amide bonds. The lowest BCUT2D eigenvalue weighted by Gasteiger charge is -2.65. The maximum atomic E-state index is 16.0. The van der Waals surface area contributed by atoms with Crippen molar-refractivity contribution in [3.05, 3.63) is 107 Å². The number of likely N-dealkylation sites (tertiary alicyclic amines) is 1. The molecule has 2 aromatic heterocycles. The van der Waals surface area contributed by atoms with E-state index in [4.69, 9.17) is 4.74 Å². The fourth-order valence-corrected chi connectivity index (χ4v) is 8.76. The molecule has 3 aliphatic heterocycles. The van der Waals surface area contributed by atoms with Gasteiger partial charge in [-0.1, -0.05) is 24.0 Å². The Morgan fingerprint density at radius 3 is 1.83 bits per heavy atom. The zero-order valence-electron chi connectivity index (χ0n) is 42.4. The first kappa shape index (κ1) is 57.5. The molecule has 18 nitrogen and oxygen atoms in total. The zero-order valence-corrected chi connectivity index (χ0v) is 42.4. The fraction of sp³-hybridized carbons (Fsp3) is 0.471. The van der Waals surface area contributed by atoms with Gasteiger partial charge in [0, 0.05) is 73.1 Å². The van der Waals surface area contributed by atoms with Gasteiger partial charge in [-0.15, -0.1) is 0 Å². The number of hydrazine groups is 1. The van der Waals surface area contributed by atoms with Crippen LogP contribution in [0.3, 0.4) is 0 Å². The molecule has 26 heteroatoms. The van der Waals surface area contributed by atoms with E-state index in [9.17, 15) is 50.6 Å². The Bertz CT molecular complexity index is 2810. The average Bonchev–Trinajstić information content (AvgIpc) is 3.48. The minimum absolute atomic E-state index is 0.0978. The third-order valence-electron chi connectivity index (χ3n) is 14.1. The number of anilines is 1. The smallest absolute Gasteiger partial charge is 0.407 e. The second kappa shape index (κ2) is 23.2. The molecule has 3 saturated heterocycles. The van der Waals surface area contributed by atoms with Gasteiger partial charge in [-0.3, -0.25) is 19.9 Å². The number of halogens is 8. The number of pyridine rings is 1. The number of amides is 4. The zero-order chi connectivity index (χ0) is 56.2. The number of aliphatic hydroxyl groups is 1. The lowest BCUT2D eigenvalue weighted by molar-refractivity contribution is -0.221. The average molecular weight is 1090 g/mol. The number of hydrogen-bond acceptors (Lipinski definition) is 14. The number of alkyl carbamates (subject to hydrolysis) is 2. The van der Waals surface area contributed by atoms with Crippen LogP contribution in [-0.2, 0) is 36.8 Å². The number of alkyl halides is 6. The van der Waals surface area contributed by atoms with Gasteiger partial charge < -0.3 is 40.2 Å². The highest BCUT2D eigenvalue weighted by Crippen LogP contribution is 2.42. The van der Waals surface area contributed by atoms with Crippen molar-refractivity contribution >= 4 is 29.8 Å². The summed E-state index contributed by atoms with van der Waals surface area (Å²) < 4.78 is 133. The van der Waals surface area contributed by atoms with E-state index in [2.05, 4.69) is 56.8 Å². The molecule has 2 aromatic carbocycles. The van der Waals surface area contributed by atoms with Crippen molar-refractivity contribution in [1.82, 2.24) is 46.2 Å². The largest absolute Gasteiger partial charge is 0.453 e. The van der Waals surface area contributed by atoms with Crippen LogP contribution in [0.1, 0.15) is 49.9 Å². The van der Waals surface area contributed by atoms with Gasteiger partial charge in [-0.2, -0.15) is 26.3 Å². The van der Waals surface area contributed by atoms with Crippen LogP contribution in [-0.4, -0.2) is 156 Å². The minimum atomic E-state index is -5.19. The van der Waals surface area contributed by atoms with Gasteiger partial charge >= 0.3 is 24.5 Å². The van der Waals surface area contributed by atoms with E-state index in [0.29, 0.717) is 67.5 Å². The summed E-state index contributed by atoms with van der Waals surface area (Å²) in [6, 6.07) is 7.69. The molecule has 414 valence electrons. The molecule has 6 atom stereocenters. The van der Waals surface area contributed by atoms with Crippen LogP contribution in [0.2, 0.25) is 0 Å². The maximum absolute atomic E-state index is 16.0. The molecule has 77 heavy (non-hydrogen) atoms. The standard InChI is InChI=1S/C51H56F8N10O8/c1-48(2,50(54,55)56)41(64-46(73)75-5)44(71)63-36(18-29-11-8-28(9-12-29)10-13-30-14-15-40(62-21-30)69-24-37-38(69)23-68(37)32-26-77-27-32)39(70)25-67(66-45(72)42(65-47(74)76-6)49(3,4)51(57,58)59)22-33-34(52)19-31(20-35(33)53)43-60-16-7-17-61-43/h7-9,11-12,14-17,19-21,32,36-39,41-42,70H,18,22-27H2,1-6H3,(H,63,71)(H,64,73)(H,65,74)(H,66,72)/t36-,37?,38-,39-,41+,42+/m0/s1. The Kier molecular flexibility index (Phi) is 17.3. The third-order valence-corrected chi connectivity index (χ3v) is 14.1. The molecule has 0 bridgehead atoms. The maximum Gasteiger partial charge on any atom is 0.407 e. The SMILES string of the molecule is COC(=O)N[C@H](C(=O)N[C@@H](Cc1ccc(C#Cc2ccc(N3CC4[C@@H]3CN4C3COC3)nc2)cc1)[C@@H](O)CN(Cc1c(F)cc(-c2ncccn2)cc1F)NC(=O)[C@@H](NC(=O)OC)C(C)(C)C(F)(F)F)C(C)(C)C(F)(F)F. The third kappa shape index (κ3) is 13.0. The molecule has 7 rings (SSSR count). The summed E-state index contributed by atoms with van der Waals surface area (Å²) in [4.78, 5) is 70.0. The normalized spacial score (nSPS) is 18.4. The highest BCUT2D eigenvalue weighted by atomic mass is 19.4. The molecule has 0 radical (unpaired) electrons. The van der Waals surface area contributed by atoms with Gasteiger partial charge in [-0.05, 0) is 82.1 Å². The first-order valence-corrected chi connectivity index (χ1v) is 24.0. The van der Waals surface area contributed by atoms with Crippen molar-refractivity contribution in [2.45, 2.75) is 95.4 Å². The first-order chi connectivity index (χ1) is 36.2. The summed E-state index contributed by atoms with van der Waals surface area (Å²) in [7, 11) is 1.65. The van der Waals surface area contributed by atoms with Crippen molar-refractivity contribution in [1.29, 1.82) is 0 Å². The van der Waals surface area contributed by atoms with Gasteiger partial charge in [0.25, 0.3) is 5.91 Å².